The van der Waals surface area contributed by atoms with Crippen LogP contribution < -0.4 is 4.74 Å². The molecule has 0 radical (unpaired) electrons. The van der Waals surface area contributed by atoms with E-state index in [1.165, 1.54) is 24.3 Å². The fourth-order valence-electron chi connectivity index (χ4n) is 3.45. The van der Waals surface area contributed by atoms with E-state index in [1.807, 2.05) is 20.8 Å². The Balaban J connectivity index is 1.92. The van der Waals surface area contributed by atoms with Crippen LogP contribution in [0, 0.1) is 6.92 Å². The maximum absolute atomic E-state index is 13.9. The maximum atomic E-state index is 13.9. The van der Waals surface area contributed by atoms with E-state index in [9.17, 15) is 26.3 Å². The molecule has 0 aliphatic carbocycles. The third-order valence-electron chi connectivity index (χ3n) is 4.97. The number of nitrogens with one attached hydrogen (secondary N) is 1. The van der Waals surface area contributed by atoms with Gasteiger partial charge in [0.05, 0.1) is 16.8 Å². The van der Waals surface area contributed by atoms with E-state index in [-0.39, 0.29) is 28.2 Å². The van der Waals surface area contributed by atoms with Crippen LogP contribution in [0.5, 0.6) is 5.75 Å². The molecule has 2 aromatic carbocycles. The molecule has 1 N–H and O–H groups in total. The number of halogens is 6. The second-order valence-corrected chi connectivity index (χ2v) is 8.73. The summed E-state index contributed by atoms with van der Waals surface area (Å²) in [6.07, 6.45) is -9.84. The molecule has 0 saturated carbocycles. The first-order valence-corrected chi connectivity index (χ1v) is 10.1. The Morgan fingerprint density at radius 3 is 2.21 bits per heavy atom. The minimum Gasteiger partial charge on any atom is -0.437 e. The second-order valence-electron chi connectivity index (χ2n) is 8.73. The summed E-state index contributed by atoms with van der Waals surface area (Å²) in [5, 5.41) is 0. The van der Waals surface area contributed by atoms with Gasteiger partial charge in [0.25, 0.3) is 0 Å². The van der Waals surface area contributed by atoms with Crippen LogP contribution in [0.25, 0.3) is 33.7 Å². The van der Waals surface area contributed by atoms with Crippen LogP contribution in [-0.4, -0.2) is 21.3 Å². The number of rotatable bonds is 3. The lowest BCUT2D eigenvalue weighted by molar-refractivity contribution is -0.274. The molecule has 0 bridgehead atoms. The summed E-state index contributed by atoms with van der Waals surface area (Å²) in [6.45, 7) is 7.25. The number of benzene rings is 2. The molecule has 5 nitrogen and oxygen atoms in total. The number of alkyl halides is 6. The highest BCUT2D eigenvalue weighted by atomic mass is 19.4. The first-order valence-electron chi connectivity index (χ1n) is 10.1. The highest BCUT2D eigenvalue weighted by molar-refractivity contribution is 5.88. The number of aryl methyl sites for hydroxylation is 1. The number of oxazole rings is 1. The highest BCUT2D eigenvalue weighted by Crippen LogP contribution is 2.41. The van der Waals surface area contributed by atoms with Crippen molar-refractivity contribution >= 4 is 11.0 Å². The van der Waals surface area contributed by atoms with E-state index in [4.69, 9.17) is 4.42 Å². The molecule has 11 heteroatoms. The predicted octanol–water partition coefficient (Wildman–Crippen LogP) is 7.41. The van der Waals surface area contributed by atoms with Crippen LogP contribution in [0.15, 0.2) is 40.8 Å². The number of fused-ring (bicyclic) bond motifs is 1. The van der Waals surface area contributed by atoms with Gasteiger partial charge >= 0.3 is 12.5 Å². The lowest BCUT2D eigenvalue weighted by atomic mass is 9.97. The second kappa shape index (κ2) is 7.78. The number of aromatic amines is 1. The molecular weight excluding hydrogens is 464 g/mol. The van der Waals surface area contributed by atoms with E-state index in [0.717, 1.165) is 12.1 Å². The molecule has 0 atom stereocenters. The van der Waals surface area contributed by atoms with Crippen LogP contribution in [0.2, 0.25) is 0 Å². The number of imidazole rings is 1. The van der Waals surface area contributed by atoms with Gasteiger partial charge in [0, 0.05) is 11.0 Å². The Morgan fingerprint density at radius 1 is 0.941 bits per heavy atom. The zero-order valence-electron chi connectivity index (χ0n) is 18.4. The third-order valence-corrected chi connectivity index (χ3v) is 4.97. The summed E-state index contributed by atoms with van der Waals surface area (Å²) in [4.78, 5) is 11.2. The Bertz CT molecular complexity index is 1360. The minimum atomic E-state index is -5.01. The Hall–Kier alpha value is -3.50. The first-order chi connectivity index (χ1) is 15.6. The van der Waals surface area contributed by atoms with Gasteiger partial charge in [-0.3, -0.25) is 0 Å². The van der Waals surface area contributed by atoms with Gasteiger partial charge in [0.2, 0.25) is 5.89 Å². The van der Waals surface area contributed by atoms with Crippen LogP contribution >= 0.6 is 0 Å². The fourth-order valence-corrected chi connectivity index (χ4v) is 3.45. The molecule has 0 aliphatic rings. The number of H-pyrrole nitrogens is 1. The quantitative estimate of drug-likeness (QED) is 0.308. The number of hydrogen-bond acceptors (Lipinski definition) is 4. The fraction of sp³-hybridized carbons (Fsp3) is 0.304. The molecule has 4 rings (SSSR count). The molecule has 0 unspecified atom stereocenters. The molecule has 0 aliphatic heterocycles. The SMILES string of the molecule is Cc1nc(C(C)(C)C)oc1-c1nc2c(C(F)(F)F)cc(-c3ccccc3OC(F)(F)F)cc2[nH]1. The number of para-hydroxylation sites is 1. The van der Waals surface area contributed by atoms with Crippen molar-refractivity contribution in [1.29, 1.82) is 0 Å². The summed E-state index contributed by atoms with van der Waals surface area (Å²) >= 11 is 0. The van der Waals surface area contributed by atoms with E-state index < -0.39 is 34.8 Å². The van der Waals surface area contributed by atoms with Crippen molar-refractivity contribution in [2.75, 3.05) is 0 Å². The summed E-state index contributed by atoms with van der Waals surface area (Å²) in [6, 6.07) is 7.01. The molecule has 34 heavy (non-hydrogen) atoms. The van der Waals surface area contributed by atoms with Crippen molar-refractivity contribution in [1.82, 2.24) is 15.0 Å². The van der Waals surface area contributed by atoms with Gasteiger partial charge < -0.3 is 14.1 Å². The van der Waals surface area contributed by atoms with E-state index in [1.54, 1.807) is 6.92 Å². The molecule has 2 heterocycles. The lowest BCUT2D eigenvalue weighted by Crippen LogP contribution is -2.17. The van der Waals surface area contributed by atoms with Crippen LogP contribution in [-0.2, 0) is 11.6 Å². The number of aromatic nitrogens is 3. The van der Waals surface area contributed by atoms with E-state index in [2.05, 4.69) is 19.7 Å². The predicted molar refractivity (Wildman–Crippen MR) is 112 cm³/mol. The van der Waals surface area contributed by atoms with Crippen molar-refractivity contribution in [3.8, 4) is 28.5 Å². The topological polar surface area (TPSA) is 63.9 Å². The number of hydrogen-bond donors (Lipinski definition) is 1. The van der Waals surface area contributed by atoms with Gasteiger partial charge in [-0.15, -0.1) is 13.2 Å². The molecule has 4 aromatic rings. The number of nitrogens with zero attached hydrogens (tertiary/aromatic N) is 2. The zero-order valence-corrected chi connectivity index (χ0v) is 18.4. The minimum absolute atomic E-state index is 0.0259. The molecule has 2 aromatic heterocycles. The average molecular weight is 483 g/mol. The normalized spacial score (nSPS) is 13.0. The van der Waals surface area contributed by atoms with E-state index >= 15 is 0 Å². The molecule has 180 valence electrons. The monoisotopic (exact) mass is 483 g/mol. The summed E-state index contributed by atoms with van der Waals surface area (Å²) < 4.78 is 90.1. The average Bonchev–Trinajstić information content (AvgIpc) is 3.28. The van der Waals surface area contributed by atoms with Gasteiger partial charge in [0.1, 0.15) is 11.3 Å². The molecule has 0 fully saturated rings. The van der Waals surface area contributed by atoms with Crippen molar-refractivity contribution < 1.29 is 35.5 Å². The van der Waals surface area contributed by atoms with Crippen LogP contribution in [0.4, 0.5) is 26.3 Å². The third kappa shape index (κ3) is 4.59. The van der Waals surface area contributed by atoms with Crippen molar-refractivity contribution in [2.24, 2.45) is 0 Å². The Labute approximate surface area is 189 Å². The van der Waals surface area contributed by atoms with Crippen molar-refractivity contribution in [3.63, 3.8) is 0 Å². The maximum Gasteiger partial charge on any atom is 0.573 e. The lowest BCUT2D eigenvalue weighted by Gasteiger charge is -2.15. The zero-order chi connectivity index (χ0) is 25.1. The Morgan fingerprint density at radius 2 is 1.62 bits per heavy atom. The largest absolute Gasteiger partial charge is 0.573 e. The van der Waals surface area contributed by atoms with Crippen molar-refractivity contribution in [2.45, 2.75) is 45.6 Å². The number of ether oxygens (including phenoxy) is 1. The van der Waals surface area contributed by atoms with Crippen LogP contribution in [0.3, 0.4) is 0 Å². The van der Waals surface area contributed by atoms with Gasteiger partial charge in [-0.25, -0.2) is 9.97 Å². The first kappa shape index (κ1) is 23.7. The standard InChI is InChI=1S/C23H19F6N3O2/c1-11-18(33-20(30-11)21(2,3)4)19-31-15-10-12(9-14(17(15)32-19)22(24,25)26)13-7-5-6-8-16(13)34-23(27,28)29/h5-10H,1-4H3,(H,31,32). The van der Waals surface area contributed by atoms with Crippen molar-refractivity contribution in [3.05, 3.63) is 53.5 Å². The Kier molecular flexibility index (Phi) is 5.41. The molecule has 0 saturated heterocycles. The van der Waals surface area contributed by atoms with Crippen LogP contribution in [0.1, 0.15) is 37.9 Å². The van der Waals surface area contributed by atoms with Gasteiger partial charge in [-0.05, 0) is 30.7 Å². The summed E-state index contributed by atoms with van der Waals surface area (Å²) in [7, 11) is 0. The molecule has 0 spiro atoms. The van der Waals surface area contributed by atoms with Gasteiger partial charge in [-0.1, -0.05) is 39.0 Å². The summed E-state index contributed by atoms with van der Waals surface area (Å²) in [5.74, 6) is -0.0342. The summed E-state index contributed by atoms with van der Waals surface area (Å²) in [5.41, 5.74) is -1.84. The molecule has 0 amide bonds. The molecular formula is C23H19F6N3O2. The smallest absolute Gasteiger partial charge is 0.437 e. The van der Waals surface area contributed by atoms with Gasteiger partial charge in [-0.2, -0.15) is 13.2 Å². The van der Waals surface area contributed by atoms with E-state index in [0.29, 0.717) is 11.6 Å². The van der Waals surface area contributed by atoms with Gasteiger partial charge in [0.15, 0.2) is 11.6 Å². The highest BCUT2D eigenvalue weighted by Gasteiger charge is 2.36.